The van der Waals surface area contributed by atoms with Crippen molar-refractivity contribution in [2.75, 3.05) is 13.1 Å². The number of hydrogen-bond acceptors (Lipinski definition) is 3. The molecule has 1 aliphatic heterocycles. The van der Waals surface area contributed by atoms with Gasteiger partial charge < -0.3 is 5.73 Å². The molecule has 1 aromatic rings. The summed E-state index contributed by atoms with van der Waals surface area (Å²) in [5.74, 6) is 0. The van der Waals surface area contributed by atoms with Gasteiger partial charge in [0, 0.05) is 38.1 Å². The summed E-state index contributed by atoms with van der Waals surface area (Å²) in [5.41, 5.74) is 6.99. The van der Waals surface area contributed by atoms with Crippen molar-refractivity contribution in [1.82, 2.24) is 9.88 Å². The first-order valence-electron chi connectivity index (χ1n) is 4.21. The van der Waals surface area contributed by atoms with Crippen molar-refractivity contribution >= 4 is 0 Å². The number of likely N-dealkylation sites (tertiary alicyclic amines) is 1. The smallest absolute Gasteiger partial charge is 0.0297 e. The second kappa shape index (κ2) is 3.21. The molecule has 0 unspecified atom stereocenters. The lowest BCUT2D eigenvalue weighted by atomic mass is 10.1. The molecule has 2 N–H and O–H groups in total. The first-order chi connectivity index (χ1) is 5.84. The van der Waals surface area contributed by atoms with E-state index in [0.29, 0.717) is 6.04 Å². The fraction of sp³-hybridized carbons (Fsp3) is 0.444. The van der Waals surface area contributed by atoms with Gasteiger partial charge in [0.25, 0.3) is 0 Å². The minimum absolute atomic E-state index is 0.395. The van der Waals surface area contributed by atoms with Crippen molar-refractivity contribution in [1.29, 1.82) is 0 Å². The minimum Gasteiger partial charge on any atom is -0.325 e. The second-order valence-corrected chi connectivity index (χ2v) is 3.31. The van der Waals surface area contributed by atoms with Crippen LogP contribution in [0.15, 0.2) is 24.5 Å². The lowest BCUT2D eigenvalue weighted by Crippen LogP contribution is -2.54. The van der Waals surface area contributed by atoms with E-state index in [1.54, 1.807) is 0 Å². The van der Waals surface area contributed by atoms with Crippen molar-refractivity contribution in [2.24, 2.45) is 5.73 Å². The van der Waals surface area contributed by atoms with Crippen LogP contribution in [-0.4, -0.2) is 29.0 Å². The summed E-state index contributed by atoms with van der Waals surface area (Å²) in [5, 5.41) is 0. The lowest BCUT2D eigenvalue weighted by Gasteiger charge is -2.36. The van der Waals surface area contributed by atoms with Gasteiger partial charge in [-0.2, -0.15) is 0 Å². The maximum absolute atomic E-state index is 5.67. The zero-order valence-corrected chi connectivity index (χ0v) is 6.98. The van der Waals surface area contributed by atoms with Crippen molar-refractivity contribution in [3.63, 3.8) is 0 Å². The Hall–Kier alpha value is -0.930. The normalized spacial score (nSPS) is 19.1. The number of rotatable bonds is 2. The van der Waals surface area contributed by atoms with Gasteiger partial charge >= 0.3 is 0 Å². The van der Waals surface area contributed by atoms with Gasteiger partial charge in [-0.15, -0.1) is 0 Å². The van der Waals surface area contributed by atoms with E-state index in [0.717, 1.165) is 19.6 Å². The monoisotopic (exact) mass is 163 g/mol. The Balaban J connectivity index is 1.88. The molecule has 0 aromatic carbocycles. The molecule has 1 aromatic heterocycles. The maximum atomic E-state index is 5.67. The highest BCUT2D eigenvalue weighted by molar-refractivity contribution is 5.10. The highest BCUT2D eigenvalue weighted by Gasteiger charge is 2.22. The van der Waals surface area contributed by atoms with Crippen LogP contribution in [0, 0.1) is 0 Å². The highest BCUT2D eigenvalue weighted by Crippen LogP contribution is 2.10. The quantitative estimate of drug-likeness (QED) is 0.678. The van der Waals surface area contributed by atoms with Crippen molar-refractivity contribution in [2.45, 2.75) is 12.6 Å². The molecule has 0 aliphatic carbocycles. The summed E-state index contributed by atoms with van der Waals surface area (Å²) in [6, 6.07) is 4.49. The third-order valence-electron chi connectivity index (χ3n) is 2.14. The molecule has 3 nitrogen and oxygen atoms in total. The molecular formula is C9H13N3. The van der Waals surface area contributed by atoms with Gasteiger partial charge in [-0.25, -0.2) is 0 Å². The summed E-state index contributed by atoms with van der Waals surface area (Å²) in [6.07, 6.45) is 3.66. The molecule has 2 heterocycles. The average Bonchev–Trinajstić information content (AvgIpc) is 2.04. The van der Waals surface area contributed by atoms with Gasteiger partial charge in [-0.3, -0.25) is 9.88 Å². The van der Waals surface area contributed by atoms with Crippen molar-refractivity contribution in [3.8, 4) is 0 Å². The molecular weight excluding hydrogens is 150 g/mol. The summed E-state index contributed by atoms with van der Waals surface area (Å²) < 4.78 is 0. The molecule has 0 radical (unpaired) electrons. The SMILES string of the molecule is NC1CN(Cc2ccncc2)C1. The van der Waals surface area contributed by atoms with Crippen molar-refractivity contribution in [3.05, 3.63) is 30.1 Å². The van der Waals surface area contributed by atoms with E-state index < -0.39 is 0 Å². The van der Waals surface area contributed by atoms with Crippen LogP contribution in [0.3, 0.4) is 0 Å². The van der Waals surface area contributed by atoms with Crippen LogP contribution in [0.4, 0.5) is 0 Å². The number of aromatic nitrogens is 1. The van der Waals surface area contributed by atoms with Gasteiger partial charge in [0.15, 0.2) is 0 Å². The van der Waals surface area contributed by atoms with Crippen LogP contribution in [0.25, 0.3) is 0 Å². The Labute approximate surface area is 72.2 Å². The minimum atomic E-state index is 0.395. The summed E-state index contributed by atoms with van der Waals surface area (Å²) in [6.45, 7) is 3.07. The molecule has 0 bridgehead atoms. The summed E-state index contributed by atoms with van der Waals surface area (Å²) >= 11 is 0. The maximum Gasteiger partial charge on any atom is 0.0297 e. The topological polar surface area (TPSA) is 42.1 Å². The third-order valence-corrected chi connectivity index (χ3v) is 2.14. The Bertz CT molecular complexity index is 241. The van der Waals surface area contributed by atoms with E-state index in [1.165, 1.54) is 5.56 Å². The molecule has 12 heavy (non-hydrogen) atoms. The zero-order chi connectivity index (χ0) is 8.39. The van der Waals surface area contributed by atoms with E-state index in [1.807, 2.05) is 24.5 Å². The fourth-order valence-electron chi connectivity index (χ4n) is 1.49. The van der Waals surface area contributed by atoms with Crippen molar-refractivity contribution < 1.29 is 0 Å². The van der Waals surface area contributed by atoms with E-state index >= 15 is 0 Å². The standard InChI is InChI=1S/C9H13N3/c10-9-6-12(7-9)5-8-1-3-11-4-2-8/h1-4,9H,5-7,10H2. The highest BCUT2D eigenvalue weighted by atomic mass is 15.2. The van der Waals surface area contributed by atoms with Gasteiger partial charge in [0.2, 0.25) is 0 Å². The van der Waals surface area contributed by atoms with Crippen LogP contribution in [0.1, 0.15) is 5.56 Å². The van der Waals surface area contributed by atoms with Gasteiger partial charge in [-0.05, 0) is 17.7 Å². The molecule has 3 heteroatoms. The first-order valence-corrected chi connectivity index (χ1v) is 4.21. The Morgan fingerprint density at radius 3 is 2.67 bits per heavy atom. The molecule has 64 valence electrons. The Morgan fingerprint density at radius 1 is 1.42 bits per heavy atom. The van der Waals surface area contributed by atoms with E-state index in [4.69, 9.17) is 5.73 Å². The first kappa shape index (κ1) is 7.71. The van der Waals surface area contributed by atoms with Gasteiger partial charge in [0.1, 0.15) is 0 Å². The molecule has 0 saturated carbocycles. The van der Waals surface area contributed by atoms with Crippen LogP contribution >= 0.6 is 0 Å². The summed E-state index contributed by atoms with van der Waals surface area (Å²) in [4.78, 5) is 6.30. The predicted molar refractivity (Wildman–Crippen MR) is 47.5 cm³/mol. The molecule has 1 saturated heterocycles. The molecule has 2 rings (SSSR count). The van der Waals surface area contributed by atoms with E-state index in [-0.39, 0.29) is 0 Å². The number of hydrogen-bond donors (Lipinski definition) is 1. The summed E-state index contributed by atoms with van der Waals surface area (Å²) in [7, 11) is 0. The van der Waals surface area contributed by atoms with Gasteiger partial charge in [0.05, 0.1) is 0 Å². The third kappa shape index (κ3) is 1.62. The number of pyridine rings is 1. The largest absolute Gasteiger partial charge is 0.325 e. The van der Waals surface area contributed by atoms with Crippen LogP contribution < -0.4 is 5.73 Å². The van der Waals surface area contributed by atoms with E-state index in [2.05, 4.69) is 9.88 Å². The van der Waals surface area contributed by atoms with E-state index in [9.17, 15) is 0 Å². The molecule has 0 spiro atoms. The Kier molecular flexibility index (Phi) is 2.06. The van der Waals surface area contributed by atoms with Gasteiger partial charge in [-0.1, -0.05) is 0 Å². The second-order valence-electron chi connectivity index (χ2n) is 3.31. The molecule has 1 fully saturated rings. The van der Waals surface area contributed by atoms with Crippen LogP contribution in [0.2, 0.25) is 0 Å². The molecule has 0 atom stereocenters. The molecule has 1 aliphatic rings. The predicted octanol–water partition coefficient (Wildman–Crippen LogP) is 0.224. The fourth-order valence-corrected chi connectivity index (χ4v) is 1.49. The lowest BCUT2D eigenvalue weighted by molar-refractivity contribution is 0.142. The Morgan fingerprint density at radius 2 is 2.08 bits per heavy atom. The van der Waals surface area contributed by atoms with Crippen LogP contribution in [0.5, 0.6) is 0 Å². The number of nitrogens with zero attached hydrogens (tertiary/aromatic N) is 2. The molecule has 0 amide bonds. The van der Waals surface area contributed by atoms with Crippen LogP contribution in [-0.2, 0) is 6.54 Å². The zero-order valence-electron chi connectivity index (χ0n) is 6.98. The average molecular weight is 163 g/mol. The number of nitrogens with two attached hydrogens (primary N) is 1.